The van der Waals surface area contributed by atoms with Gasteiger partial charge in [-0.1, -0.05) is 17.7 Å². The van der Waals surface area contributed by atoms with Gasteiger partial charge < -0.3 is 14.2 Å². The summed E-state index contributed by atoms with van der Waals surface area (Å²) in [5, 5.41) is 0.361. The fraction of sp³-hybridized carbons (Fsp3) is 0.611. The topological polar surface area (TPSA) is 38.8 Å². The summed E-state index contributed by atoms with van der Waals surface area (Å²) in [6.45, 7) is 8.80. The normalized spacial score (nSPS) is 23.1. The summed E-state index contributed by atoms with van der Waals surface area (Å²) in [7, 11) is -0.520. The molecule has 3 rings (SSSR count). The molecule has 1 aromatic rings. The van der Waals surface area contributed by atoms with E-state index in [1.54, 1.807) is 17.0 Å². The molecule has 2 aliphatic heterocycles. The van der Waals surface area contributed by atoms with E-state index in [4.69, 9.17) is 20.9 Å². The number of rotatable bonds is 2. The minimum atomic E-state index is -0.815. The number of amides is 1. The molecule has 2 saturated heterocycles. The van der Waals surface area contributed by atoms with Crippen molar-refractivity contribution in [2.24, 2.45) is 0 Å². The van der Waals surface area contributed by atoms with E-state index in [2.05, 4.69) is 0 Å². The molecule has 136 valence electrons. The Morgan fingerprint density at radius 1 is 1.20 bits per heavy atom. The Kier molecular flexibility index (Phi) is 4.90. The van der Waals surface area contributed by atoms with Crippen molar-refractivity contribution in [1.29, 1.82) is 0 Å². The van der Waals surface area contributed by atoms with Crippen molar-refractivity contribution in [2.45, 2.75) is 57.9 Å². The number of halogens is 2. The number of carbonyl (C=O) groups excluding carboxylic acids is 1. The first-order valence-electron chi connectivity index (χ1n) is 8.69. The SMILES string of the molecule is CC1(C)OB(c2ccc(C(=O)N3CCC(F)CC3)c(Cl)c2)OC1(C)C. The highest BCUT2D eigenvalue weighted by Gasteiger charge is 2.51. The average Bonchev–Trinajstić information content (AvgIpc) is 2.75. The van der Waals surface area contributed by atoms with Gasteiger partial charge in [0.15, 0.2) is 0 Å². The zero-order valence-electron chi connectivity index (χ0n) is 15.1. The average molecular weight is 368 g/mol. The molecule has 25 heavy (non-hydrogen) atoms. The van der Waals surface area contributed by atoms with Crippen molar-refractivity contribution < 1.29 is 18.5 Å². The van der Waals surface area contributed by atoms with Crippen LogP contribution in [0.15, 0.2) is 18.2 Å². The molecule has 0 spiro atoms. The number of hydrogen-bond donors (Lipinski definition) is 0. The maximum atomic E-state index is 13.3. The molecule has 0 aliphatic carbocycles. The molecule has 4 nitrogen and oxygen atoms in total. The van der Waals surface area contributed by atoms with Gasteiger partial charge in [-0.2, -0.15) is 0 Å². The zero-order valence-corrected chi connectivity index (χ0v) is 15.9. The first kappa shape index (κ1) is 18.7. The van der Waals surface area contributed by atoms with Crippen LogP contribution in [-0.4, -0.2) is 48.4 Å². The van der Waals surface area contributed by atoms with Crippen molar-refractivity contribution in [3.05, 3.63) is 28.8 Å². The fourth-order valence-corrected chi connectivity index (χ4v) is 3.32. The van der Waals surface area contributed by atoms with E-state index in [9.17, 15) is 9.18 Å². The first-order chi connectivity index (χ1) is 11.6. The Hall–Kier alpha value is -1.11. The van der Waals surface area contributed by atoms with Gasteiger partial charge in [0, 0.05) is 13.1 Å². The molecule has 0 N–H and O–H groups in total. The van der Waals surface area contributed by atoms with Crippen LogP contribution < -0.4 is 5.46 Å². The van der Waals surface area contributed by atoms with Crippen LogP contribution >= 0.6 is 11.6 Å². The fourth-order valence-electron chi connectivity index (χ4n) is 3.05. The van der Waals surface area contributed by atoms with E-state index in [1.165, 1.54) is 0 Å². The van der Waals surface area contributed by atoms with E-state index in [-0.39, 0.29) is 5.91 Å². The number of carbonyl (C=O) groups is 1. The van der Waals surface area contributed by atoms with Crippen molar-refractivity contribution in [3.8, 4) is 0 Å². The Labute approximate surface area is 153 Å². The van der Waals surface area contributed by atoms with Crippen molar-refractivity contribution in [2.75, 3.05) is 13.1 Å². The summed E-state index contributed by atoms with van der Waals surface area (Å²) >= 11 is 6.36. The van der Waals surface area contributed by atoms with Crippen molar-refractivity contribution >= 4 is 30.1 Å². The van der Waals surface area contributed by atoms with E-state index in [1.807, 2.05) is 33.8 Å². The Bertz CT molecular complexity index is 658. The molecule has 0 unspecified atom stereocenters. The maximum Gasteiger partial charge on any atom is 0.494 e. The molecule has 7 heteroatoms. The lowest BCUT2D eigenvalue weighted by atomic mass is 9.79. The van der Waals surface area contributed by atoms with E-state index in [0.29, 0.717) is 36.5 Å². The molecule has 2 fully saturated rings. The van der Waals surface area contributed by atoms with Crippen LogP contribution in [0.1, 0.15) is 50.9 Å². The summed E-state index contributed by atoms with van der Waals surface area (Å²) in [6, 6.07) is 5.23. The lowest BCUT2D eigenvalue weighted by molar-refractivity contribution is 0.00578. The molecular formula is C18H24BClFNO3. The van der Waals surface area contributed by atoms with Gasteiger partial charge in [-0.15, -0.1) is 0 Å². The molecule has 0 aromatic heterocycles. The van der Waals surface area contributed by atoms with Crippen LogP contribution in [0, 0.1) is 0 Å². The largest absolute Gasteiger partial charge is 0.494 e. The summed E-state index contributed by atoms with van der Waals surface area (Å²) < 4.78 is 25.3. The molecular weight excluding hydrogens is 343 g/mol. The number of nitrogens with zero attached hydrogens (tertiary/aromatic N) is 1. The van der Waals surface area contributed by atoms with Gasteiger partial charge in [0.25, 0.3) is 5.91 Å². The molecule has 2 heterocycles. The van der Waals surface area contributed by atoms with Gasteiger partial charge in [-0.3, -0.25) is 4.79 Å². The van der Waals surface area contributed by atoms with Crippen LogP contribution in [0.5, 0.6) is 0 Å². The van der Waals surface area contributed by atoms with Gasteiger partial charge in [0.2, 0.25) is 0 Å². The summed E-state index contributed by atoms with van der Waals surface area (Å²) in [5.74, 6) is -0.155. The summed E-state index contributed by atoms with van der Waals surface area (Å²) in [5.41, 5.74) is 0.340. The molecule has 0 bridgehead atoms. The highest BCUT2D eigenvalue weighted by atomic mass is 35.5. The van der Waals surface area contributed by atoms with Gasteiger partial charge in [0.05, 0.1) is 21.8 Å². The molecule has 2 aliphatic rings. The van der Waals surface area contributed by atoms with E-state index >= 15 is 0 Å². The second kappa shape index (κ2) is 6.56. The monoisotopic (exact) mass is 367 g/mol. The lowest BCUT2D eigenvalue weighted by Gasteiger charge is -2.32. The zero-order chi connectivity index (χ0) is 18.4. The van der Waals surface area contributed by atoms with Gasteiger partial charge in [0.1, 0.15) is 6.17 Å². The number of alkyl halides is 1. The predicted octanol–water partition coefficient (Wildman–Crippen LogP) is 3.21. The second-order valence-electron chi connectivity index (χ2n) is 7.79. The third-order valence-electron chi connectivity index (χ3n) is 5.46. The van der Waals surface area contributed by atoms with Crippen LogP contribution in [0.4, 0.5) is 4.39 Å². The number of piperidine rings is 1. The maximum absolute atomic E-state index is 13.3. The molecule has 0 radical (unpaired) electrons. The predicted molar refractivity (Wildman–Crippen MR) is 97.2 cm³/mol. The van der Waals surface area contributed by atoms with E-state index in [0.717, 1.165) is 5.46 Å². The minimum Gasteiger partial charge on any atom is -0.399 e. The Balaban J connectivity index is 1.77. The van der Waals surface area contributed by atoms with Crippen LogP contribution in [-0.2, 0) is 9.31 Å². The highest BCUT2D eigenvalue weighted by Crippen LogP contribution is 2.36. The highest BCUT2D eigenvalue weighted by molar-refractivity contribution is 6.62. The number of likely N-dealkylation sites (tertiary alicyclic amines) is 1. The number of hydrogen-bond acceptors (Lipinski definition) is 3. The van der Waals surface area contributed by atoms with Crippen LogP contribution in [0.25, 0.3) is 0 Å². The van der Waals surface area contributed by atoms with Crippen molar-refractivity contribution in [3.63, 3.8) is 0 Å². The standard InChI is InChI=1S/C18H24BClFNO3/c1-17(2)18(3,4)25-19(24-17)12-5-6-14(15(20)11-12)16(23)22-9-7-13(21)8-10-22/h5-6,11,13H,7-10H2,1-4H3. The van der Waals surface area contributed by atoms with Gasteiger partial charge >= 0.3 is 7.12 Å². The summed E-state index contributed by atoms with van der Waals surface area (Å²) in [6.07, 6.45) is -0.0460. The minimum absolute atomic E-state index is 0.155. The number of benzene rings is 1. The third-order valence-corrected chi connectivity index (χ3v) is 5.77. The van der Waals surface area contributed by atoms with E-state index < -0.39 is 24.5 Å². The Morgan fingerprint density at radius 3 is 2.28 bits per heavy atom. The Morgan fingerprint density at radius 2 is 1.76 bits per heavy atom. The first-order valence-corrected chi connectivity index (χ1v) is 9.07. The smallest absolute Gasteiger partial charge is 0.399 e. The second-order valence-corrected chi connectivity index (χ2v) is 8.20. The van der Waals surface area contributed by atoms with Crippen LogP contribution in [0.3, 0.4) is 0 Å². The lowest BCUT2D eigenvalue weighted by Crippen LogP contribution is -2.41. The van der Waals surface area contributed by atoms with Crippen molar-refractivity contribution in [1.82, 2.24) is 4.90 Å². The molecule has 0 atom stereocenters. The van der Waals surface area contributed by atoms with Crippen LogP contribution in [0.2, 0.25) is 5.02 Å². The molecule has 1 aromatic carbocycles. The molecule has 1 amide bonds. The quantitative estimate of drug-likeness (QED) is 0.754. The summed E-state index contributed by atoms with van der Waals surface area (Å²) in [4.78, 5) is 14.3. The third kappa shape index (κ3) is 3.57. The van der Waals surface area contributed by atoms with Gasteiger partial charge in [-0.25, -0.2) is 4.39 Å². The molecule has 0 saturated carbocycles. The van der Waals surface area contributed by atoms with Gasteiger partial charge in [-0.05, 0) is 58.1 Å².